The molecular formula is C11H17NO2S. The van der Waals surface area contributed by atoms with E-state index in [2.05, 4.69) is 17.6 Å². The van der Waals surface area contributed by atoms with Crippen molar-refractivity contribution in [2.24, 2.45) is 0 Å². The summed E-state index contributed by atoms with van der Waals surface area (Å²) in [6.07, 6.45) is 1.44. The van der Waals surface area contributed by atoms with E-state index in [-0.39, 0.29) is 0 Å². The third-order valence-electron chi connectivity index (χ3n) is 2.83. The molecule has 0 spiro atoms. The number of nitrogens with one attached hydrogen (secondary N) is 1. The second-order valence-electron chi connectivity index (χ2n) is 3.76. The Labute approximate surface area is 94.4 Å². The van der Waals surface area contributed by atoms with E-state index in [1.807, 2.05) is 6.07 Å². The molecule has 2 unspecified atom stereocenters. The minimum Gasteiger partial charge on any atom is -0.496 e. The Hall–Kier alpha value is -0.580. The standard InChI is InChI=1S/C11H17NO2S/c1-8-9(3-5-14-8)12-7-11-10(13-2)4-6-15-11/h4,6,8-9,12H,3,5,7H2,1-2H3. The summed E-state index contributed by atoms with van der Waals surface area (Å²) < 4.78 is 10.8. The SMILES string of the molecule is COc1ccsc1CNC1CCOC1C. The maximum absolute atomic E-state index is 5.50. The maximum Gasteiger partial charge on any atom is 0.134 e. The summed E-state index contributed by atoms with van der Waals surface area (Å²) in [4.78, 5) is 1.26. The molecule has 0 aliphatic carbocycles. The van der Waals surface area contributed by atoms with E-state index in [0.717, 1.165) is 25.3 Å². The van der Waals surface area contributed by atoms with Gasteiger partial charge >= 0.3 is 0 Å². The zero-order valence-electron chi connectivity index (χ0n) is 9.16. The van der Waals surface area contributed by atoms with Crippen LogP contribution in [0.3, 0.4) is 0 Å². The van der Waals surface area contributed by atoms with Crippen LogP contribution in [0.2, 0.25) is 0 Å². The fraction of sp³-hybridized carbons (Fsp3) is 0.636. The highest BCUT2D eigenvalue weighted by Gasteiger charge is 2.23. The average molecular weight is 227 g/mol. The van der Waals surface area contributed by atoms with Crippen molar-refractivity contribution in [1.82, 2.24) is 5.32 Å². The van der Waals surface area contributed by atoms with Gasteiger partial charge in [0.25, 0.3) is 0 Å². The van der Waals surface area contributed by atoms with E-state index >= 15 is 0 Å². The number of hydrogen-bond donors (Lipinski definition) is 1. The number of methoxy groups -OCH3 is 1. The second kappa shape index (κ2) is 4.96. The van der Waals surface area contributed by atoms with Gasteiger partial charge in [0.2, 0.25) is 0 Å². The van der Waals surface area contributed by atoms with Gasteiger partial charge in [-0.2, -0.15) is 0 Å². The van der Waals surface area contributed by atoms with Gasteiger partial charge in [-0.25, -0.2) is 0 Å². The lowest BCUT2D eigenvalue weighted by Crippen LogP contribution is -2.33. The van der Waals surface area contributed by atoms with Gasteiger partial charge in [-0.3, -0.25) is 0 Å². The molecule has 1 saturated heterocycles. The zero-order valence-corrected chi connectivity index (χ0v) is 9.97. The summed E-state index contributed by atoms with van der Waals surface area (Å²) >= 11 is 1.73. The van der Waals surface area contributed by atoms with Gasteiger partial charge in [0.1, 0.15) is 5.75 Å². The Kier molecular flexibility index (Phi) is 3.61. The van der Waals surface area contributed by atoms with Gasteiger partial charge < -0.3 is 14.8 Å². The van der Waals surface area contributed by atoms with Crippen molar-refractivity contribution in [2.75, 3.05) is 13.7 Å². The molecule has 2 rings (SSSR count). The first-order valence-electron chi connectivity index (χ1n) is 5.26. The van der Waals surface area contributed by atoms with Crippen molar-refractivity contribution in [2.45, 2.75) is 32.0 Å². The molecule has 0 aromatic carbocycles. The summed E-state index contributed by atoms with van der Waals surface area (Å²) in [7, 11) is 1.72. The molecule has 2 atom stereocenters. The summed E-state index contributed by atoms with van der Waals surface area (Å²) in [6.45, 7) is 3.87. The van der Waals surface area contributed by atoms with E-state index in [1.165, 1.54) is 4.88 Å². The van der Waals surface area contributed by atoms with E-state index in [4.69, 9.17) is 9.47 Å². The summed E-state index contributed by atoms with van der Waals surface area (Å²) in [6, 6.07) is 2.49. The van der Waals surface area contributed by atoms with Gasteiger partial charge in [0.15, 0.2) is 0 Å². The molecule has 4 heteroatoms. The fourth-order valence-electron chi connectivity index (χ4n) is 1.86. The van der Waals surface area contributed by atoms with Crippen molar-refractivity contribution in [3.05, 3.63) is 16.3 Å². The van der Waals surface area contributed by atoms with Gasteiger partial charge in [0.05, 0.1) is 18.1 Å². The maximum atomic E-state index is 5.50. The van der Waals surface area contributed by atoms with Crippen molar-refractivity contribution >= 4 is 11.3 Å². The number of ether oxygens (including phenoxy) is 2. The molecule has 3 nitrogen and oxygen atoms in total. The summed E-state index contributed by atoms with van der Waals surface area (Å²) in [5, 5.41) is 5.57. The third-order valence-corrected chi connectivity index (χ3v) is 3.73. The third kappa shape index (κ3) is 2.51. The lowest BCUT2D eigenvalue weighted by Gasteiger charge is -2.15. The Balaban J connectivity index is 1.87. The Morgan fingerprint density at radius 2 is 2.53 bits per heavy atom. The molecule has 1 aliphatic rings. The van der Waals surface area contributed by atoms with Crippen LogP contribution >= 0.6 is 11.3 Å². The van der Waals surface area contributed by atoms with Gasteiger partial charge in [-0.15, -0.1) is 11.3 Å². The average Bonchev–Trinajstić information content (AvgIpc) is 2.83. The minimum atomic E-state index is 0.330. The van der Waals surface area contributed by atoms with Crippen molar-refractivity contribution in [1.29, 1.82) is 0 Å². The van der Waals surface area contributed by atoms with E-state index in [0.29, 0.717) is 12.1 Å². The fourth-order valence-corrected chi connectivity index (χ4v) is 2.65. The summed E-state index contributed by atoms with van der Waals surface area (Å²) in [5.41, 5.74) is 0. The van der Waals surface area contributed by atoms with E-state index < -0.39 is 0 Å². The number of hydrogen-bond acceptors (Lipinski definition) is 4. The van der Waals surface area contributed by atoms with E-state index in [9.17, 15) is 0 Å². The van der Waals surface area contributed by atoms with Crippen LogP contribution in [0.4, 0.5) is 0 Å². The molecule has 1 aliphatic heterocycles. The van der Waals surface area contributed by atoms with Crippen LogP contribution in [-0.4, -0.2) is 25.9 Å². The smallest absolute Gasteiger partial charge is 0.134 e. The number of rotatable bonds is 4. The van der Waals surface area contributed by atoms with Crippen LogP contribution in [0, 0.1) is 0 Å². The van der Waals surface area contributed by atoms with Gasteiger partial charge in [-0.1, -0.05) is 0 Å². The molecule has 15 heavy (non-hydrogen) atoms. The van der Waals surface area contributed by atoms with Crippen LogP contribution in [0.5, 0.6) is 5.75 Å². The monoisotopic (exact) mass is 227 g/mol. The Morgan fingerprint density at radius 3 is 3.20 bits per heavy atom. The van der Waals surface area contributed by atoms with Gasteiger partial charge in [-0.05, 0) is 24.8 Å². The molecule has 1 aromatic heterocycles. The first-order chi connectivity index (χ1) is 7.31. The van der Waals surface area contributed by atoms with E-state index in [1.54, 1.807) is 18.4 Å². The Morgan fingerprint density at radius 1 is 1.67 bits per heavy atom. The Bertz CT molecular complexity index is 313. The lowest BCUT2D eigenvalue weighted by atomic mass is 10.1. The van der Waals surface area contributed by atoms with Crippen molar-refractivity contribution < 1.29 is 9.47 Å². The molecule has 0 amide bonds. The highest BCUT2D eigenvalue weighted by molar-refractivity contribution is 7.10. The van der Waals surface area contributed by atoms with Gasteiger partial charge in [0, 0.05) is 19.2 Å². The topological polar surface area (TPSA) is 30.5 Å². The molecule has 84 valence electrons. The number of thiophene rings is 1. The molecule has 1 N–H and O–H groups in total. The first kappa shape index (κ1) is 10.9. The minimum absolute atomic E-state index is 0.330. The predicted octanol–water partition coefficient (Wildman–Crippen LogP) is 2.02. The van der Waals surface area contributed by atoms with Crippen LogP contribution in [0.1, 0.15) is 18.2 Å². The highest BCUT2D eigenvalue weighted by Crippen LogP contribution is 2.24. The van der Waals surface area contributed by atoms with Crippen molar-refractivity contribution in [3.63, 3.8) is 0 Å². The van der Waals surface area contributed by atoms with Crippen LogP contribution in [0.15, 0.2) is 11.4 Å². The normalized spacial score (nSPS) is 25.7. The second-order valence-corrected chi connectivity index (χ2v) is 4.76. The molecule has 1 aromatic rings. The zero-order chi connectivity index (χ0) is 10.7. The largest absolute Gasteiger partial charge is 0.496 e. The quantitative estimate of drug-likeness (QED) is 0.853. The van der Waals surface area contributed by atoms with Crippen LogP contribution in [0.25, 0.3) is 0 Å². The lowest BCUT2D eigenvalue weighted by molar-refractivity contribution is 0.113. The molecular weight excluding hydrogens is 210 g/mol. The van der Waals surface area contributed by atoms with Crippen molar-refractivity contribution in [3.8, 4) is 5.75 Å². The predicted molar refractivity (Wildman–Crippen MR) is 61.5 cm³/mol. The highest BCUT2D eigenvalue weighted by atomic mass is 32.1. The summed E-state index contributed by atoms with van der Waals surface area (Å²) in [5.74, 6) is 0.985. The molecule has 2 heterocycles. The van der Waals surface area contributed by atoms with Crippen LogP contribution < -0.4 is 10.1 Å². The molecule has 0 saturated carbocycles. The molecule has 0 radical (unpaired) electrons. The molecule has 0 bridgehead atoms. The molecule has 1 fully saturated rings. The van der Waals surface area contributed by atoms with Crippen LogP contribution in [-0.2, 0) is 11.3 Å². The first-order valence-corrected chi connectivity index (χ1v) is 6.14.